The third-order valence-corrected chi connectivity index (χ3v) is 3.11. The van der Waals surface area contributed by atoms with E-state index >= 15 is 0 Å². The molecule has 3 nitrogen and oxygen atoms in total. The third kappa shape index (κ3) is 5.24. The Morgan fingerprint density at radius 1 is 1.20 bits per heavy atom. The lowest BCUT2D eigenvalue weighted by molar-refractivity contribution is 0.266. The minimum atomic E-state index is 0.388. The molecule has 0 fully saturated rings. The van der Waals surface area contributed by atoms with Crippen molar-refractivity contribution in [3.63, 3.8) is 0 Å². The number of nitrogens with zero attached hydrogens (tertiary/aromatic N) is 1. The molecule has 3 heteroatoms. The summed E-state index contributed by atoms with van der Waals surface area (Å²) in [6, 6.07) is 6.06. The predicted octanol–water partition coefficient (Wildman–Crippen LogP) is 2.63. The second kappa shape index (κ2) is 9.41. The normalized spacial score (nSPS) is 10.2. The molecule has 0 unspecified atom stereocenters. The lowest BCUT2D eigenvalue weighted by Crippen LogP contribution is -2.25. The van der Waals surface area contributed by atoms with Gasteiger partial charge in [0.2, 0.25) is 0 Å². The fourth-order valence-electron chi connectivity index (χ4n) is 2.24. The average molecular weight is 274 g/mol. The van der Waals surface area contributed by atoms with Gasteiger partial charge in [-0.05, 0) is 49.7 Å². The summed E-state index contributed by atoms with van der Waals surface area (Å²) < 4.78 is 5.32. The molecule has 0 spiro atoms. The van der Waals surface area contributed by atoms with E-state index in [9.17, 15) is 0 Å². The zero-order valence-corrected chi connectivity index (χ0v) is 12.9. The van der Waals surface area contributed by atoms with E-state index in [1.807, 2.05) is 12.1 Å². The molecular formula is C17H26N2O. The van der Waals surface area contributed by atoms with E-state index in [0.717, 1.165) is 43.8 Å². The van der Waals surface area contributed by atoms with Gasteiger partial charge in [0.15, 0.2) is 0 Å². The molecule has 0 aliphatic rings. The van der Waals surface area contributed by atoms with Crippen LogP contribution in [0.15, 0.2) is 18.2 Å². The van der Waals surface area contributed by atoms with Crippen molar-refractivity contribution >= 4 is 0 Å². The van der Waals surface area contributed by atoms with Crippen LogP contribution in [0.5, 0.6) is 5.75 Å². The topological polar surface area (TPSA) is 38.5 Å². The van der Waals surface area contributed by atoms with E-state index in [2.05, 4.69) is 36.7 Å². The molecule has 0 heterocycles. The van der Waals surface area contributed by atoms with Gasteiger partial charge in [-0.2, -0.15) is 0 Å². The Morgan fingerprint density at radius 2 is 1.90 bits per heavy atom. The van der Waals surface area contributed by atoms with Crippen molar-refractivity contribution < 1.29 is 4.74 Å². The highest BCUT2D eigenvalue weighted by Crippen LogP contribution is 2.19. The first kappa shape index (κ1) is 16.6. The summed E-state index contributed by atoms with van der Waals surface area (Å²) in [5.74, 6) is 6.98. The second-order valence-electron chi connectivity index (χ2n) is 4.81. The van der Waals surface area contributed by atoms with Crippen molar-refractivity contribution in [2.45, 2.75) is 33.2 Å². The van der Waals surface area contributed by atoms with Gasteiger partial charge in [-0.3, -0.25) is 4.90 Å². The average Bonchev–Trinajstić information content (AvgIpc) is 2.46. The first-order valence-electron chi connectivity index (χ1n) is 7.33. The summed E-state index contributed by atoms with van der Waals surface area (Å²) in [5, 5.41) is 0. The van der Waals surface area contributed by atoms with Gasteiger partial charge in [-0.1, -0.05) is 25.7 Å². The van der Waals surface area contributed by atoms with Crippen LogP contribution in [0.1, 0.15) is 37.8 Å². The largest absolute Gasteiger partial charge is 0.497 e. The maximum atomic E-state index is 5.47. The lowest BCUT2D eigenvalue weighted by Gasteiger charge is -2.22. The van der Waals surface area contributed by atoms with E-state index in [4.69, 9.17) is 10.5 Å². The van der Waals surface area contributed by atoms with Crippen molar-refractivity contribution in [2.24, 2.45) is 5.73 Å². The number of methoxy groups -OCH3 is 1. The molecule has 0 aliphatic carbocycles. The van der Waals surface area contributed by atoms with Crippen LogP contribution in [-0.4, -0.2) is 31.6 Å². The summed E-state index contributed by atoms with van der Waals surface area (Å²) in [4.78, 5) is 2.46. The smallest absolute Gasteiger partial charge is 0.119 e. The second-order valence-corrected chi connectivity index (χ2v) is 4.81. The van der Waals surface area contributed by atoms with Crippen molar-refractivity contribution in [1.29, 1.82) is 0 Å². The van der Waals surface area contributed by atoms with Crippen LogP contribution in [0.4, 0.5) is 0 Å². The summed E-state index contributed by atoms with van der Waals surface area (Å²) >= 11 is 0. The molecule has 110 valence electrons. The van der Waals surface area contributed by atoms with Crippen molar-refractivity contribution in [3.8, 4) is 17.6 Å². The van der Waals surface area contributed by atoms with E-state index in [0.29, 0.717) is 6.54 Å². The Hall–Kier alpha value is -1.50. The minimum absolute atomic E-state index is 0.388. The molecule has 0 atom stereocenters. The molecular weight excluding hydrogens is 248 g/mol. The Bertz CT molecular complexity index is 454. The predicted molar refractivity (Wildman–Crippen MR) is 84.8 cm³/mol. The molecule has 0 aliphatic heterocycles. The highest BCUT2D eigenvalue weighted by atomic mass is 16.5. The van der Waals surface area contributed by atoms with Crippen molar-refractivity contribution in [2.75, 3.05) is 26.7 Å². The molecule has 0 aromatic heterocycles. The molecule has 1 rings (SSSR count). The maximum Gasteiger partial charge on any atom is 0.119 e. The number of rotatable bonds is 7. The zero-order chi connectivity index (χ0) is 14.8. The SMILES string of the molecule is CCCN(CCC)Cc1cc(OC)ccc1C#CCN. The van der Waals surface area contributed by atoms with E-state index in [-0.39, 0.29) is 0 Å². The van der Waals surface area contributed by atoms with Gasteiger partial charge in [0.05, 0.1) is 13.7 Å². The number of hydrogen-bond donors (Lipinski definition) is 1. The number of hydrogen-bond acceptors (Lipinski definition) is 3. The Labute approximate surface area is 123 Å². The zero-order valence-electron chi connectivity index (χ0n) is 12.9. The molecule has 2 N–H and O–H groups in total. The van der Waals surface area contributed by atoms with Crippen LogP contribution in [0.2, 0.25) is 0 Å². The molecule has 20 heavy (non-hydrogen) atoms. The van der Waals surface area contributed by atoms with Gasteiger partial charge in [0.1, 0.15) is 5.75 Å². The first-order chi connectivity index (χ1) is 9.74. The van der Waals surface area contributed by atoms with Gasteiger partial charge >= 0.3 is 0 Å². The van der Waals surface area contributed by atoms with Crippen LogP contribution >= 0.6 is 0 Å². The monoisotopic (exact) mass is 274 g/mol. The van der Waals surface area contributed by atoms with Gasteiger partial charge < -0.3 is 10.5 Å². The number of nitrogens with two attached hydrogens (primary N) is 1. The van der Waals surface area contributed by atoms with Crippen LogP contribution in [-0.2, 0) is 6.54 Å². The van der Waals surface area contributed by atoms with Crippen molar-refractivity contribution in [3.05, 3.63) is 29.3 Å². The third-order valence-electron chi connectivity index (χ3n) is 3.11. The van der Waals surface area contributed by atoms with Crippen LogP contribution in [0, 0.1) is 11.8 Å². The lowest BCUT2D eigenvalue weighted by atomic mass is 10.1. The number of ether oxygens (including phenoxy) is 1. The van der Waals surface area contributed by atoms with Gasteiger partial charge in [-0.25, -0.2) is 0 Å². The van der Waals surface area contributed by atoms with Crippen molar-refractivity contribution in [1.82, 2.24) is 4.90 Å². The molecule has 0 amide bonds. The summed E-state index contributed by atoms with van der Waals surface area (Å²) in [7, 11) is 1.69. The van der Waals surface area contributed by atoms with Crippen LogP contribution < -0.4 is 10.5 Å². The summed E-state index contributed by atoms with van der Waals surface area (Å²) in [5.41, 5.74) is 7.73. The Kier molecular flexibility index (Phi) is 7.79. The highest BCUT2D eigenvalue weighted by Gasteiger charge is 2.08. The fraction of sp³-hybridized carbons (Fsp3) is 0.529. The molecule has 1 aromatic rings. The standard InChI is InChI=1S/C17H26N2O/c1-4-11-19(12-5-2)14-16-13-17(20-3)9-8-15(16)7-6-10-18/h8-9,13H,4-5,10-12,14,18H2,1-3H3. The van der Waals surface area contributed by atoms with E-state index in [1.165, 1.54) is 5.56 Å². The van der Waals surface area contributed by atoms with E-state index < -0.39 is 0 Å². The molecule has 0 radical (unpaired) electrons. The Morgan fingerprint density at radius 3 is 2.45 bits per heavy atom. The summed E-state index contributed by atoms with van der Waals surface area (Å²) in [6.07, 6.45) is 2.32. The highest BCUT2D eigenvalue weighted by molar-refractivity contribution is 5.45. The molecule has 1 aromatic carbocycles. The van der Waals surface area contributed by atoms with Gasteiger partial charge in [0, 0.05) is 12.1 Å². The fourth-order valence-corrected chi connectivity index (χ4v) is 2.24. The van der Waals surface area contributed by atoms with E-state index in [1.54, 1.807) is 7.11 Å². The molecule has 0 saturated heterocycles. The van der Waals surface area contributed by atoms with Gasteiger partial charge in [-0.15, -0.1) is 0 Å². The van der Waals surface area contributed by atoms with Crippen LogP contribution in [0.25, 0.3) is 0 Å². The summed E-state index contributed by atoms with van der Waals surface area (Å²) in [6.45, 7) is 7.93. The quantitative estimate of drug-likeness (QED) is 0.777. The Balaban J connectivity index is 2.98. The molecule has 0 saturated carbocycles. The minimum Gasteiger partial charge on any atom is -0.497 e. The first-order valence-corrected chi connectivity index (χ1v) is 7.33. The number of benzene rings is 1. The van der Waals surface area contributed by atoms with Gasteiger partial charge in [0.25, 0.3) is 0 Å². The molecule has 0 bridgehead atoms. The van der Waals surface area contributed by atoms with Crippen LogP contribution in [0.3, 0.4) is 0 Å². The maximum absolute atomic E-state index is 5.47.